The van der Waals surface area contributed by atoms with Gasteiger partial charge in [0.1, 0.15) is 5.82 Å². The Balaban J connectivity index is 1.59. The number of rotatable bonds is 5. The number of halogens is 1. The second-order valence-corrected chi connectivity index (χ2v) is 7.59. The maximum absolute atomic E-state index is 13.0. The smallest absolute Gasteiger partial charge is 0.185 e. The molecule has 1 aliphatic heterocycles. The van der Waals surface area contributed by atoms with E-state index in [4.69, 9.17) is 0 Å². The van der Waals surface area contributed by atoms with E-state index in [-0.39, 0.29) is 5.82 Å². The summed E-state index contributed by atoms with van der Waals surface area (Å²) >= 11 is 1.68. The second kappa shape index (κ2) is 6.55. The van der Waals surface area contributed by atoms with Crippen molar-refractivity contribution in [1.29, 1.82) is 0 Å². The van der Waals surface area contributed by atoms with Crippen LogP contribution < -0.4 is 4.90 Å². The summed E-state index contributed by atoms with van der Waals surface area (Å²) in [5.74, 6) is -0.240. The first kappa shape index (κ1) is 16.4. The van der Waals surface area contributed by atoms with E-state index in [2.05, 4.69) is 9.88 Å². The molecule has 0 saturated carbocycles. The first-order chi connectivity index (χ1) is 10.9. The number of hydrogen-bond donors (Lipinski definition) is 1. The average Bonchev–Trinajstić information content (AvgIpc) is 3.10. The normalized spacial score (nSPS) is 21.7. The van der Waals surface area contributed by atoms with Gasteiger partial charge in [-0.05, 0) is 24.1 Å². The van der Waals surface area contributed by atoms with Gasteiger partial charge in [0.15, 0.2) is 5.13 Å². The SMILES string of the molecule is CN(C)c1ncc(CN2CCC(O)(Cc3ccc(F)cc3)C2)s1. The van der Waals surface area contributed by atoms with Gasteiger partial charge in [0.05, 0.1) is 5.60 Å². The molecule has 1 fully saturated rings. The van der Waals surface area contributed by atoms with Crippen LogP contribution in [0.4, 0.5) is 9.52 Å². The van der Waals surface area contributed by atoms with Gasteiger partial charge in [-0.2, -0.15) is 0 Å². The van der Waals surface area contributed by atoms with Crippen LogP contribution in [-0.4, -0.2) is 47.8 Å². The van der Waals surface area contributed by atoms with Gasteiger partial charge >= 0.3 is 0 Å². The molecule has 23 heavy (non-hydrogen) atoms. The minimum Gasteiger partial charge on any atom is -0.388 e. The van der Waals surface area contributed by atoms with Crippen LogP contribution in [0, 0.1) is 5.82 Å². The Morgan fingerprint density at radius 1 is 1.35 bits per heavy atom. The quantitative estimate of drug-likeness (QED) is 0.911. The van der Waals surface area contributed by atoms with Crippen LogP contribution in [0.3, 0.4) is 0 Å². The molecule has 0 bridgehead atoms. The largest absolute Gasteiger partial charge is 0.388 e. The number of β-amino-alcohol motifs (C(OH)–C–C–N with tert-alkyl or cyclic N) is 1. The standard InChI is InChI=1S/C17H22FN3OS/c1-20(2)16-19-10-15(23-16)11-21-8-7-17(22,12-21)9-13-3-5-14(18)6-4-13/h3-6,10,22H,7-9,11-12H2,1-2H3. The molecular formula is C17H22FN3OS. The Kier molecular flexibility index (Phi) is 4.66. The summed E-state index contributed by atoms with van der Waals surface area (Å²) in [5, 5.41) is 11.8. The molecule has 2 heterocycles. The molecule has 1 saturated heterocycles. The molecule has 2 aromatic rings. The fourth-order valence-electron chi connectivity index (χ4n) is 3.00. The zero-order valence-corrected chi connectivity index (χ0v) is 14.3. The summed E-state index contributed by atoms with van der Waals surface area (Å²) in [6.07, 6.45) is 3.22. The zero-order valence-electron chi connectivity index (χ0n) is 13.5. The maximum atomic E-state index is 13.0. The highest BCUT2D eigenvalue weighted by atomic mass is 32.1. The van der Waals surface area contributed by atoms with Crippen molar-refractivity contribution in [3.05, 3.63) is 46.7 Å². The Bertz CT molecular complexity index is 658. The Hall–Kier alpha value is -1.50. The fourth-order valence-corrected chi connectivity index (χ4v) is 3.87. The molecule has 0 amide bonds. The van der Waals surface area contributed by atoms with Crippen LogP contribution in [0.1, 0.15) is 16.9 Å². The number of likely N-dealkylation sites (tertiary alicyclic amines) is 1. The van der Waals surface area contributed by atoms with Crippen LogP contribution >= 0.6 is 11.3 Å². The molecule has 1 aromatic heterocycles. The number of aliphatic hydroxyl groups is 1. The fraction of sp³-hybridized carbons (Fsp3) is 0.471. The highest BCUT2D eigenvalue weighted by Gasteiger charge is 2.36. The summed E-state index contributed by atoms with van der Waals surface area (Å²) in [7, 11) is 3.97. The van der Waals surface area contributed by atoms with Crippen molar-refractivity contribution in [3.63, 3.8) is 0 Å². The lowest BCUT2D eigenvalue weighted by atomic mass is 9.94. The average molecular weight is 335 g/mol. The van der Waals surface area contributed by atoms with Crippen molar-refractivity contribution >= 4 is 16.5 Å². The number of thiazole rings is 1. The van der Waals surface area contributed by atoms with Gasteiger partial charge in [-0.3, -0.25) is 4.90 Å². The monoisotopic (exact) mass is 335 g/mol. The van der Waals surface area contributed by atoms with E-state index in [1.807, 2.05) is 25.2 Å². The van der Waals surface area contributed by atoms with E-state index in [1.54, 1.807) is 23.5 Å². The van der Waals surface area contributed by atoms with E-state index in [9.17, 15) is 9.50 Å². The van der Waals surface area contributed by atoms with Crippen molar-refractivity contribution in [2.24, 2.45) is 0 Å². The minimum absolute atomic E-state index is 0.240. The molecule has 0 spiro atoms. The molecule has 124 valence electrons. The Morgan fingerprint density at radius 2 is 2.09 bits per heavy atom. The van der Waals surface area contributed by atoms with Crippen LogP contribution in [0.5, 0.6) is 0 Å². The molecule has 1 N–H and O–H groups in total. The van der Waals surface area contributed by atoms with Crippen LogP contribution in [0.25, 0.3) is 0 Å². The molecule has 0 radical (unpaired) electrons. The van der Waals surface area contributed by atoms with Gasteiger partial charge < -0.3 is 10.0 Å². The van der Waals surface area contributed by atoms with E-state index in [1.165, 1.54) is 17.0 Å². The third-order valence-electron chi connectivity index (χ3n) is 4.16. The number of nitrogens with zero attached hydrogens (tertiary/aromatic N) is 3. The summed E-state index contributed by atoms with van der Waals surface area (Å²) in [6, 6.07) is 6.40. The number of hydrogen-bond acceptors (Lipinski definition) is 5. The summed E-state index contributed by atoms with van der Waals surface area (Å²) in [5.41, 5.74) is 0.246. The number of aromatic nitrogens is 1. The summed E-state index contributed by atoms with van der Waals surface area (Å²) in [6.45, 7) is 2.32. The molecule has 1 aromatic carbocycles. The van der Waals surface area contributed by atoms with Crippen molar-refractivity contribution in [1.82, 2.24) is 9.88 Å². The molecule has 3 rings (SSSR count). The van der Waals surface area contributed by atoms with Crippen molar-refractivity contribution in [3.8, 4) is 0 Å². The van der Waals surface area contributed by atoms with Crippen molar-refractivity contribution < 1.29 is 9.50 Å². The van der Waals surface area contributed by atoms with Gasteiger partial charge in [0.25, 0.3) is 0 Å². The third kappa shape index (κ3) is 4.07. The van der Waals surface area contributed by atoms with Crippen LogP contribution in [0.15, 0.2) is 30.5 Å². The second-order valence-electron chi connectivity index (χ2n) is 6.49. The van der Waals surface area contributed by atoms with Gasteiger partial charge in [0, 0.05) is 51.2 Å². The van der Waals surface area contributed by atoms with Crippen LogP contribution in [-0.2, 0) is 13.0 Å². The van der Waals surface area contributed by atoms with E-state index in [0.717, 1.165) is 30.2 Å². The van der Waals surface area contributed by atoms with E-state index in [0.29, 0.717) is 13.0 Å². The highest BCUT2D eigenvalue weighted by Crippen LogP contribution is 2.29. The number of benzene rings is 1. The lowest BCUT2D eigenvalue weighted by Gasteiger charge is -2.23. The molecule has 4 nitrogen and oxygen atoms in total. The van der Waals surface area contributed by atoms with Gasteiger partial charge in [0.2, 0.25) is 0 Å². The first-order valence-corrected chi connectivity index (χ1v) is 8.56. The summed E-state index contributed by atoms with van der Waals surface area (Å²) in [4.78, 5) is 9.86. The van der Waals surface area contributed by atoms with Crippen molar-refractivity contribution in [2.45, 2.75) is 25.0 Å². The van der Waals surface area contributed by atoms with E-state index >= 15 is 0 Å². The molecule has 1 atom stereocenters. The number of anilines is 1. The third-order valence-corrected chi connectivity index (χ3v) is 5.31. The van der Waals surface area contributed by atoms with E-state index < -0.39 is 5.60 Å². The van der Waals surface area contributed by atoms with Gasteiger partial charge in [-0.1, -0.05) is 12.1 Å². The van der Waals surface area contributed by atoms with Gasteiger partial charge in [-0.15, -0.1) is 11.3 Å². The Labute approximate surface area is 140 Å². The lowest BCUT2D eigenvalue weighted by molar-refractivity contribution is 0.0489. The first-order valence-electron chi connectivity index (χ1n) is 7.75. The topological polar surface area (TPSA) is 39.6 Å². The molecule has 6 heteroatoms. The predicted octanol–water partition coefficient (Wildman–Crippen LogP) is 2.53. The molecule has 1 unspecified atom stereocenters. The van der Waals surface area contributed by atoms with Crippen LogP contribution in [0.2, 0.25) is 0 Å². The molecule has 1 aliphatic rings. The van der Waals surface area contributed by atoms with Gasteiger partial charge in [-0.25, -0.2) is 9.37 Å². The zero-order chi connectivity index (χ0) is 16.4. The predicted molar refractivity (Wildman–Crippen MR) is 91.4 cm³/mol. The molecule has 0 aliphatic carbocycles. The summed E-state index contributed by atoms with van der Waals surface area (Å²) < 4.78 is 13.0. The molecular weight excluding hydrogens is 313 g/mol. The lowest BCUT2D eigenvalue weighted by Crippen LogP contribution is -2.35. The Morgan fingerprint density at radius 3 is 2.74 bits per heavy atom. The highest BCUT2D eigenvalue weighted by molar-refractivity contribution is 7.15. The maximum Gasteiger partial charge on any atom is 0.185 e. The minimum atomic E-state index is -0.729. The van der Waals surface area contributed by atoms with Crippen molar-refractivity contribution in [2.75, 3.05) is 32.1 Å².